The van der Waals surface area contributed by atoms with Crippen LogP contribution in [0.5, 0.6) is 5.75 Å². The molecule has 0 aliphatic rings. The third-order valence-electron chi connectivity index (χ3n) is 4.15. The number of benzene rings is 2. The van der Waals surface area contributed by atoms with E-state index in [1.165, 1.54) is 0 Å². The van der Waals surface area contributed by atoms with Crippen molar-refractivity contribution in [2.45, 2.75) is 39.7 Å². The van der Waals surface area contributed by atoms with Gasteiger partial charge in [0, 0.05) is 0 Å². The summed E-state index contributed by atoms with van der Waals surface area (Å²) in [6, 6.07) is 15.4. The molecule has 2 aromatic rings. The zero-order valence-corrected chi connectivity index (χ0v) is 16.2. The Hall–Kier alpha value is -2.82. The van der Waals surface area contributed by atoms with E-state index >= 15 is 0 Å². The number of esters is 1. The molecule has 0 aliphatic heterocycles. The van der Waals surface area contributed by atoms with E-state index in [-0.39, 0.29) is 25.2 Å². The van der Waals surface area contributed by atoms with Crippen molar-refractivity contribution in [3.63, 3.8) is 0 Å². The van der Waals surface area contributed by atoms with Gasteiger partial charge >= 0.3 is 5.97 Å². The molecule has 5 nitrogen and oxygen atoms in total. The summed E-state index contributed by atoms with van der Waals surface area (Å²) in [5.41, 5.74) is 3.11. The Kier molecular flexibility index (Phi) is 7.86. The molecule has 0 saturated carbocycles. The number of hydrogen-bond donors (Lipinski definition) is 1. The number of aryl methyl sites for hydroxylation is 2. The van der Waals surface area contributed by atoms with Gasteiger partial charge in [-0.25, -0.2) is 4.79 Å². The number of hydrogen-bond acceptors (Lipinski definition) is 4. The number of ether oxygens (including phenoxy) is 2. The van der Waals surface area contributed by atoms with E-state index in [4.69, 9.17) is 9.47 Å². The molecule has 2 aromatic carbocycles. The van der Waals surface area contributed by atoms with Crippen molar-refractivity contribution >= 4 is 11.9 Å². The normalized spacial score (nSPS) is 11.5. The SMILES string of the molecule is CCC[C@H](NC(=O)COC(=O)COc1ccc(C)cc1C)c1ccccc1. The predicted molar refractivity (Wildman–Crippen MR) is 105 cm³/mol. The van der Waals surface area contributed by atoms with Crippen molar-refractivity contribution in [2.24, 2.45) is 0 Å². The van der Waals surface area contributed by atoms with Crippen LogP contribution in [-0.4, -0.2) is 25.1 Å². The van der Waals surface area contributed by atoms with Crippen LogP contribution in [0.4, 0.5) is 0 Å². The Morgan fingerprint density at radius 1 is 1.04 bits per heavy atom. The van der Waals surface area contributed by atoms with E-state index in [0.717, 1.165) is 29.5 Å². The maximum Gasteiger partial charge on any atom is 0.344 e. The van der Waals surface area contributed by atoms with Gasteiger partial charge in [0.25, 0.3) is 5.91 Å². The fourth-order valence-electron chi connectivity index (χ4n) is 2.82. The molecule has 0 spiro atoms. The Balaban J connectivity index is 1.79. The largest absolute Gasteiger partial charge is 0.482 e. The van der Waals surface area contributed by atoms with Gasteiger partial charge in [-0.2, -0.15) is 0 Å². The smallest absolute Gasteiger partial charge is 0.344 e. The third-order valence-corrected chi connectivity index (χ3v) is 4.15. The first kappa shape index (κ1) is 20.5. The summed E-state index contributed by atoms with van der Waals surface area (Å²) in [6.07, 6.45) is 1.75. The highest BCUT2D eigenvalue weighted by atomic mass is 16.6. The molecule has 0 unspecified atom stereocenters. The van der Waals surface area contributed by atoms with Crippen molar-refractivity contribution in [3.05, 3.63) is 65.2 Å². The summed E-state index contributed by atoms with van der Waals surface area (Å²) in [7, 11) is 0. The Labute approximate surface area is 160 Å². The minimum atomic E-state index is -0.572. The third kappa shape index (κ3) is 6.77. The Morgan fingerprint density at radius 3 is 2.44 bits per heavy atom. The van der Waals surface area contributed by atoms with Gasteiger partial charge in [-0.3, -0.25) is 4.79 Å². The van der Waals surface area contributed by atoms with Gasteiger partial charge in [0.1, 0.15) is 5.75 Å². The van der Waals surface area contributed by atoms with Crippen molar-refractivity contribution in [2.75, 3.05) is 13.2 Å². The molecule has 0 bridgehead atoms. The molecule has 0 fully saturated rings. The first-order chi connectivity index (χ1) is 13.0. The quantitative estimate of drug-likeness (QED) is 0.681. The molecule has 1 amide bonds. The molecule has 5 heteroatoms. The molecule has 144 valence electrons. The second-order valence-electron chi connectivity index (χ2n) is 6.54. The van der Waals surface area contributed by atoms with Gasteiger partial charge in [-0.1, -0.05) is 61.4 Å². The van der Waals surface area contributed by atoms with Gasteiger partial charge in [0.2, 0.25) is 0 Å². The first-order valence-electron chi connectivity index (χ1n) is 9.19. The molecule has 0 radical (unpaired) electrons. The van der Waals surface area contributed by atoms with Gasteiger partial charge in [-0.15, -0.1) is 0 Å². The summed E-state index contributed by atoms with van der Waals surface area (Å²) < 4.78 is 10.5. The van der Waals surface area contributed by atoms with Crippen LogP contribution in [0.2, 0.25) is 0 Å². The van der Waals surface area contributed by atoms with Gasteiger partial charge < -0.3 is 14.8 Å². The van der Waals surface area contributed by atoms with Crippen LogP contribution in [0.1, 0.15) is 42.5 Å². The number of amides is 1. The van der Waals surface area contributed by atoms with Crippen LogP contribution in [0.3, 0.4) is 0 Å². The van der Waals surface area contributed by atoms with E-state index < -0.39 is 5.97 Å². The Bertz CT molecular complexity index is 758. The second kappa shape index (κ2) is 10.4. The predicted octanol–water partition coefficient (Wildman–Crippen LogP) is 3.88. The average molecular weight is 369 g/mol. The van der Waals surface area contributed by atoms with E-state index in [1.807, 2.05) is 62.4 Å². The van der Waals surface area contributed by atoms with E-state index in [2.05, 4.69) is 12.2 Å². The highest BCUT2D eigenvalue weighted by molar-refractivity contribution is 5.81. The molecule has 0 saturated heterocycles. The summed E-state index contributed by atoms with van der Waals surface area (Å²) in [4.78, 5) is 24.0. The number of carbonyl (C=O) groups is 2. The first-order valence-corrected chi connectivity index (χ1v) is 9.19. The minimum Gasteiger partial charge on any atom is -0.482 e. The van der Waals surface area contributed by atoms with Crippen molar-refractivity contribution < 1.29 is 19.1 Å². The lowest BCUT2D eigenvalue weighted by Crippen LogP contribution is -2.33. The number of nitrogens with one attached hydrogen (secondary N) is 1. The minimum absolute atomic E-state index is 0.0890. The Morgan fingerprint density at radius 2 is 1.78 bits per heavy atom. The standard InChI is InChI=1S/C22H27NO4/c1-4-8-19(18-9-6-5-7-10-18)23-21(24)14-27-22(25)15-26-20-12-11-16(2)13-17(20)3/h5-7,9-13,19H,4,8,14-15H2,1-3H3,(H,23,24)/t19-/m0/s1. The summed E-state index contributed by atoms with van der Waals surface area (Å²) in [5, 5.41) is 2.92. The molecular formula is C22H27NO4. The fraction of sp³-hybridized carbons (Fsp3) is 0.364. The molecule has 1 atom stereocenters. The molecule has 2 rings (SSSR count). The maximum atomic E-state index is 12.1. The molecule has 27 heavy (non-hydrogen) atoms. The lowest BCUT2D eigenvalue weighted by Gasteiger charge is -2.18. The lowest BCUT2D eigenvalue weighted by atomic mass is 10.0. The van der Waals surface area contributed by atoms with Crippen LogP contribution in [-0.2, 0) is 14.3 Å². The molecule has 0 aliphatic carbocycles. The zero-order chi connectivity index (χ0) is 19.6. The summed E-state index contributed by atoms with van der Waals surface area (Å²) >= 11 is 0. The van der Waals surface area contributed by atoms with Crippen LogP contribution in [0.15, 0.2) is 48.5 Å². The van der Waals surface area contributed by atoms with Crippen LogP contribution in [0, 0.1) is 13.8 Å². The van der Waals surface area contributed by atoms with Crippen molar-refractivity contribution in [1.29, 1.82) is 0 Å². The topological polar surface area (TPSA) is 64.6 Å². The van der Waals surface area contributed by atoms with Gasteiger partial charge in [0.15, 0.2) is 13.2 Å². The van der Waals surface area contributed by atoms with Crippen LogP contribution in [0.25, 0.3) is 0 Å². The highest BCUT2D eigenvalue weighted by Gasteiger charge is 2.15. The van der Waals surface area contributed by atoms with Crippen LogP contribution < -0.4 is 10.1 Å². The second-order valence-corrected chi connectivity index (χ2v) is 6.54. The fourth-order valence-corrected chi connectivity index (χ4v) is 2.82. The number of carbonyl (C=O) groups excluding carboxylic acids is 2. The maximum absolute atomic E-state index is 12.1. The number of rotatable bonds is 9. The van der Waals surface area contributed by atoms with Gasteiger partial charge in [0.05, 0.1) is 6.04 Å². The van der Waals surface area contributed by atoms with Crippen molar-refractivity contribution in [1.82, 2.24) is 5.32 Å². The molecule has 1 N–H and O–H groups in total. The van der Waals surface area contributed by atoms with E-state index in [9.17, 15) is 9.59 Å². The summed E-state index contributed by atoms with van der Waals surface area (Å²) in [6.45, 7) is 5.42. The monoisotopic (exact) mass is 369 g/mol. The lowest BCUT2D eigenvalue weighted by molar-refractivity contribution is -0.150. The van der Waals surface area contributed by atoms with Crippen molar-refractivity contribution in [3.8, 4) is 5.75 Å². The van der Waals surface area contributed by atoms with E-state index in [0.29, 0.717) is 5.75 Å². The summed E-state index contributed by atoms with van der Waals surface area (Å²) in [5.74, 6) is -0.261. The molecule has 0 heterocycles. The molecular weight excluding hydrogens is 342 g/mol. The molecule has 0 aromatic heterocycles. The van der Waals surface area contributed by atoms with E-state index in [1.54, 1.807) is 0 Å². The average Bonchev–Trinajstić information content (AvgIpc) is 2.66. The zero-order valence-electron chi connectivity index (χ0n) is 16.2. The highest BCUT2D eigenvalue weighted by Crippen LogP contribution is 2.19. The van der Waals surface area contributed by atoms with Crippen LogP contribution >= 0.6 is 0 Å². The van der Waals surface area contributed by atoms with Gasteiger partial charge in [-0.05, 0) is 37.5 Å².